The number of amides is 2. The van der Waals surface area contributed by atoms with Crippen LogP contribution in [-0.2, 0) is 13.1 Å². The van der Waals surface area contributed by atoms with Crippen LogP contribution in [-0.4, -0.2) is 36.9 Å². The van der Waals surface area contributed by atoms with Gasteiger partial charge in [0.2, 0.25) is 0 Å². The highest BCUT2D eigenvalue weighted by molar-refractivity contribution is 5.73. The van der Waals surface area contributed by atoms with E-state index in [2.05, 4.69) is 25.7 Å². The van der Waals surface area contributed by atoms with Gasteiger partial charge < -0.3 is 10.6 Å². The maximum atomic E-state index is 11.8. The summed E-state index contributed by atoms with van der Waals surface area (Å²) in [5.41, 5.74) is 2.07. The number of aryl methyl sites for hydroxylation is 1. The van der Waals surface area contributed by atoms with Gasteiger partial charge in [0.1, 0.15) is 12.1 Å². The Balaban J connectivity index is 1.45. The lowest BCUT2D eigenvalue weighted by Crippen LogP contribution is -2.36. The lowest BCUT2D eigenvalue weighted by Gasteiger charge is -2.09. The first kappa shape index (κ1) is 15.7. The predicted molar refractivity (Wildman–Crippen MR) is 88.6 cm³/mol. The van der Waals surface area contributed by atoms with E-state index in [-0.39, 0.29) is 6.03 Å². The minimum absolute atomic E-state index is 0.208. The third kappa shape index (κ3) is 4.19. The van der Waals surface area contributed by atoms with E-state index in [9.17, 15) is 4.79 Å². The van der Waals surface area contributed by atoms with Gasteiger partial charge in [-0.3, -0.25) is 9.25 Å². The number of pyridine rings is 1. The molecule has 0 saturated carbocycles. The molecule has 0 aliphatic heterocycles. The molecule has 2 amide bonds. The molecule has 3 aromatic rings. The highest BCUT2D eigenvalue weighted by Gasteiger charge is 2.03. The van der Waals surface area contributed by atoms with E-state index in [1.54, 1.807) is 29.6 Å². The van der Waals surface area contributed by atoms with E-state index in [4.69, 9.17) is 0 Å². The minimum Gasteiger partial charge on any atom is -0.336 e. The topological polar surface area (TPSA) is 89.7 Å². The number of carbonyl (C=O) groups excluding carboxylic acids is 1. The van der Waals surface area contributed by atoms with Crippen LogP contribution in [0.2, 0.25) is 0 Å². The van der Waals surface area contributed by atoms with Crippen LogP contribution in [0.15, 0.2) is 49.4 Å². The third-order valence-corrected chi connectivity index (χ3v) is 3.42. The van der Waals surface area contributed by atoms with Crippen molar-refractivity contribution >= 4 is 6.03 Å². The van der Waals surface area contributed by atoms with Gasteiger partial charge in [0.05, 0.1) is 12.7 Å². The molecule has 2 N–H and O–H groups in total. The lowest BCUT2D eigenvalue weighted by atomic mass is 10.2. The third-order valence-electron chi connectivity index (χ3n) is 3.42. The number of nitrogens with zero attached hydrogens (tertiary/aromatic N) is 5. The van der Waals surface area contributed by atoms with Gasteiger partial charge in [0.25, 0.3) is 0 Å². The number of hydrogen-bond acceptors (Lipinski definition) is 4. The van der Waals surface area contributed by atoms with Crippen molar-refractivity contribution in [2.75, 3.05) is 6.54 Å². The van der Waals surface area contributed by atoms with Gasteiger partial charge in [-0.2, -0.15) is 5.10 Å². The molecule has 8 heteroatoms. The average Bonchev–Trinajstić information content (AvgIpc) is 3.25. The van der Waals surface area contributed by atoms with Gasteiger partial charge in [-0.15, -0.1) is 0 Å². The van der Waals surface area contributed by atoms with E-state index in [0.717, 1.165) is 16.9 Å². The van der Waals surface area contributed by atoms with E-state index in [1.165, 1.54) is 0 Å². The first-order valence-corrected chi connectivity index (χ1v) is 7.65. The van der Waals surface area contributed by atoms with Crippen molar-refractivity contribution in [3.05, 3.63) is 60.6 Å². The van der Waals surface area contributed by atoms with Crippen LogP contribution in [0, 0.1) is 6.92 Å². The Kier molecular flexibility index (Phi) is 4.85. The molecule has 0 fully saturated rings. The van der Waals surface area contributed by atoms with Crippen molar-refractivity contribution in [1.82, 2.24) is 34.9 Å². The van der Waals surface area contributed by atoms with E-state index < -0.39 is 0 Å². The smallest absolute Gasteiger partial charge is 0.315 e. The normalized spacial score (nSPS) is 10.5. The van der Waals surface area contributed by atoms with Crippen LogP contribution in [0.3, 0.4) is 0 Å². The molecule has 0 atom stereocenters. The van der Waals surface area contributed by atoms with Crippen LogP contribution < -0.4 is 10.6 Å². The minimum atomic E-state index is -0.208. The molecule has 24 heavy (non-hydrogen) atoms. The maximum Gasteiger partial charge on any atom is 0.315 e. The Morgan fingerprint density at radius 2 is 2.21 bits per heavy atom. The summed E-state index contributed by atoms with van der Waals surface area (Å²) in [5.74, 6) is 0.765. The molecule has 0 bridgehead atoms. The Labute approximate surface area is 139 Å². The van der Waals surface area contributed by atoms with Gasteiger partial charge in [-0.25, -0.2) is 14.8 Å². The predicted octanol–water partition coefficient (Wildman–Crippen LogP) is 1.27. The van der Waals surface area contributed by atoms with Gasteiger partial charge in [0.15, 0.2) is 0 Å². The molecular weight excluding hydrogens is 306 g/mol. The number of nitrogens with one attached hydrogen (secondary N) is 2. The van der Waals surface area contributed by atoms with Crippen LogP contribution in [0.4, 0.5) is 4.79 Å². The van der Waals surface area contributed by atoms with E-state index in [1.807, 2.05) is 36.0 Å². The first-order chi connectivity index (χ1) is 11.7. The van der Waals surface area contributed by atoms with Crippen molar-refractivity contribution in [2.45, 2.75) is 20.0 Å². The Bertz CT molecular complexity index is 794. The zero-order chi connectivity index (χ0) is 16.8. The lowest BCUT2D eigenvalue weighted by molar-refractivity contribution is 0.240. The zero-order valence-corrected chi connectivity index (χ0v) is 13.4. The summed E-state index contributed by atoms with van der Waals surface area (Å²) in [6, 6.07) is 3.57. The molecule has 3 aromatic heterocycles. The van der Waals surface area contributed by atoms with Crippen molar-refractivity contribution in [1.29, 1.82) is 0 Å². The number of imidazole rings is 1. The quantitative estimate of drug-likeness (QED) is 0.714. The Morgan fingerprint density at radius 1 is 1.29 bits per heavy atom. The van der Waals surface area contributed by atoms with E-state index >= 15 is 0 Å². The summed E-state index contributed by atoms with van der Waals surface area (Å²) in [6.07, 6.45) is 10.6. The SMILES string of the molecule is Cc1cnn(CCNC(=O)NCc2ccnc(-n3ccnc3)c2)c1. The number of urea groups is 1. The molecule has 0 unspecified atom stereocenters. The average molecular weight is 325 g/mol. The van der Waals surface area contributed by atoms with Crippen LogP contribution in [0.25, 0.3) is 5.82 Å². The fourth-order valence-corrected chi connectivity index (χ4v) is 2.22. The van der Waals surface area contributed by atoms with Crippen LogP contribution in [0.5, 0.6) is 0 Å². The van der Waals surface area contributed by atoms with Gasteiger partial charge in [0, 0.05) is 37.9 Å². The second-order valence-corrected chi connectivity index (χ2v) is 5.38. The highest BCUT2D eigenvalue weighted by atomic mass is 16.2. The number of aromatic nitrogens is 5. The second kappa shape index (κ2) is 7.40. The molecule has 0 saturated heterocycles. The van der Waals surface area contributed by atoms with Crippen molar-refractivity contribution < 1.29 is 4.79 Å². The van der Waals surface area contributed by atoms with Crippen LogP contribution in [0.1, 0.15) is 11.1 Å². The number of carbonyl (C=O) groups is 1. The molecule has 3 heterocycles. The molecule has 0 aliphatic carbocycles. The summed E-state index contributed by atoms with van der Waals surface area (Å²) >= 11 is 0. The Morgan fingerprint density at radius 3 is 2.96 bits per heavy atom. The number of hydrogen-bond donors (Lipinski definition) is 2. The van der Waals surface area contributed by atoms with Gasteiger partial charge in [-0.1, -0.05) is 0 Å². The molecule has 124 valence electrons. The Hall–Kier alpha value is -3.16. The first-order valence-electron chi connectivity index (χ1n) is 7.65. The molecule has 0 radical (unpaired) electrons. The fraction of sp³-hybridized carbons (Fsp3) is 0.250. The summed E-state index contributed by atoms with van der Waals surface area (Å²) in [4.78, 5) is 20.1. The second-order valence-electron chi connectivity index (χ2n) is 5.38. The van der Waals surface area contributed by atoms with E-state index in [0.29, 0.717) is 19.6 Å². The van der Waals surface area contributed by atoms with Crippen molar-refractivity contribution in [3.63, 3.8) is 0 Å². The fourth-order valence-electron chi connectivity index (χ4n) is 2.22. The summed E-state index contributed by atoms with van der Waals surface area (Å²) < 4.78 is 3.62. The van der Waals surface area contributed by atoms with Gasteiger partial charge in [-0.05, 0) is 30.2 Å². The molecule has 0 spiro atoms. The summed E-state index contributed by atoms with van der Waals surface area (Å²) in [5, 5.41) is 9.81. The largest absolute Gasteiger partial charge is 0.336 e. The highest BCUT2D eigenvalue weighted by Crippen LogP contribution is 2.06. The molecule has 3 rings (SSSR count). The molecule has 0 aromatic carbocycles. The van der Waals surface area contributed by atoms with Crippen molar-refractivity contribution in [2.24, 2.45) is 0 Å². The standard InChI is InChI=1S/C16H19N7O/c1-13-9-21-23(11-13)7-5-19-16(24)20-10-14-2-3-18-15(8-14)22-6-4-17-12-22/h2-4,6,8-9,11-12H,5,7,10H2,1H3,(H2,19,20,24). The molecule has 0 aliphatic rings. The summed E-state index contributed by atoms with van der Waals surface area (Å²) in [6.45, 7) is 3.57. The molecular formula is C16H19N7O. The molecule has 8 nitrogen and oxygen atoms in total. The zero-order valence-electron chi connectivity index (χ0n) is 13.4. The monoisotopic (exact) mass is 325 g/mol. The maximum absolute atomic E-state index is 11.8. The number of rotatable bonds is 6. The van der Waals surface area contributed by atoms with Crippen LogP contribution >= 0.6 is 0 Å². The summed E-state index contributed by atoms with van der Waals surface area (Å²) in [7, 11) is 0. The van der Waals surface area contributed by atoms with Crippen molar-refractivity contribution in [3.8, 4) is 5.82 Å². The van der Waals surface area contributed by atoms with Gasteiger partial charge >= 0.3 is 6.03 Å².